The van der Waals surface area contributed by atoms with Crippen LogP contribution in [0.3, 0.4) is 0 Å². The van der Waals surface area contributed by atoms with Gasteiger partial charge in [-0.1, -0.05) is 23.7 Å². The van der Waals surface area contributed by atoms with Gasteiger partial charge in [0.15, 0.2) is 0 Å². The Labute approximate surface area is 181 Å². The first-order valence-corrected chi connectivity index (χ1v) is 10.5. The Morgan fingerprint density at radius 3 is 2.77 bits per heavy atom. The van der Waals surface area contributed by atoms with Crippen LogP contribution in [-0.2, 0) is 0 Å². The fourth-order valence-corrected chi connectivity index (χ4v) is 3.71. The molecule has 0 aliphatic carbocycles. The van der Waals surface area contributed by atoms with E-state index in [0.717, 1.165) is 12.8 Å². The summed E-state index contributed by atoms with van der Waals surface area (Å²) in [5.41, 5.74) is 0.870. The van der Waals surface area contributed by atoms with Crippen LogP contribution < -0.4 is 10.1 Å². The van der Waals surface area contributed by atoms with Crippen LogP contribution in [0.1, 0.15) is 47.4 Å². The molecule has 0 aromatic heterocycles. The molecule has 0 radical (unpaired) electrons. The number of ether oxygens (including phenoxy) is 1. The van der Waals surface area contributed by atoms with Crippen molar-refractivity contribution in [3.63, 3.8) is 0 Å². The van der Waals surface area contributed by atoms with E-state index in [1.165, 1.54) is 18.2 Å². The summed E-state index contributed by atoms with van der Waals surface area (Å²) in [6.45, 7) is 5.39. The van der Waals surface area contributed by atoms with Gasteiger partial charge in [-0.15, -0.1) is 0 Å². The van der Waals surface area contributed by atoms with Crippen molar-refractivity contribution in [1.29, 1.82) is 0 Å². The van der Waals surface area contributed by atoms with Gasteiger partial charge in [-0.25, -0.2) is 4.39 Å². The Bertz CT molecular complexity index is 919. The highest BCUT2D eigenvalue weighted by molar-refractivity contribution is 6.31. The number of benzene rings is 2. The average molecular weight is 433 g/mol. The van der Waals surface area contributed by atoms with E-state index in [1.807, 2.05) is 19.9 Å². The van der Waals surface area contributed by atoms with E-state index in [4.69, 9.17) is 16.3 Å². The van der Waals surface area contributed by atoms with Gasteiger partial charge < -0.3 is 15.0 Å². The lowest BCUT2D eigenvalue weighted by Crippen LogP contribution is -2.41. The first-order chi connectivity index (χ1) is 14.3. The molecule has 1 unspecified atom stereocenters. The molecule has 30 heavy (non-hydrogen) atoms. The van der Waals surface area contributed by atoms with E-state index in [1.54, 1.807) is 23.1 Å². The molecule has 1 heterocycles. The smallest absolute Gasteiger partial charge is 0.255 e. The first kappa shape index (κ1) is 22.1. The van der Waals surface area contributed by atoms with Crippen LogP contribution in [0.5, 0.6) is 5.75 Å². The summed E-state index contributed by atoms with van der Waals surface area (Å²) in [4.78, 5) is 26.9. The monoisotopic (exact) mass is 432 g/mol. The number of amides is 2. The summed E-state index contributed by atoms with van der Waals surface area (Å²) in [5.74, 6) is -0.213. The fourth-order valence-electron chi connectivity index (χ4n) is 3.52. The standard InChI is InChI=1S/C23H26ClFN2O3/c1-15(2)26-22(28)18-7-3-4-8-21(18)30-14-16-6-5-11-27(13-16)23(29)17-9-10-20(25)19(24)12-17/h3-4,7-10,12,15-16H,5-6,11,13-14H2,1-2H3,(H,26,28). The van der Waals surface area contributed by atoms with E-state index in [2.05, 4.69) is 5.32 Å². The van der Waals surface area contributed by atoms with Crippen molar-refractivity contribution in [2.24, 2.45) is 5.92 Å². The molecule has 1 N–H and O–H groups in total. The van der Waals surface area contributed by atoms with Gasteiger partial charge in [0.25, 0.3) is 11.8 Å². The first-order valence-electron chi connectivity index (χ1n) is 10.1. The molecular weight excluding hydrogens is 407 g/mol. The minimum absolute atomic E-state index is 0.0310. The van der Waals surface area contributed by atoms with Crippen LogP contribution in [-0.4, -0.2) is 42.5 Å². The summed E-state index contributed by atoms with van der Waals surface area (Å²) in [6.07, 6.45) is 1.78. The van der Waals surface area contributed by atoms with E-state index in [9.17, 15) is 14.0 Å². The number of carbonyl (C=O) groups is 2. The lowest BCUT2D eigenvalue weighted by molar-refractivity contribution is 0.0633. The van der Waals surface area contributed by atoms with Crippen molar-refractivity contribution >= 4 is 23.4 Å². The summed E-state index contributed by atoms with van der Waals surface area (Å²) in [7, 11) is 0. The summed E-state index contributed by atoms with van der Waals surface area (Å²) < 4.78 is 19.4. The van der Waals surface area contributed by atoms with Crippen LogP contribution in [0.4, 0.5) is 4.39 Å². The molecular formula is C23H26ClFN2O3. The molecule has 0 bridgehead atoms. The van der Waals surface area contributed by atoms with Crippen LogP contribution in [0.15, 0.2) is 42.5 Å². The number of halogens is 2. The van der Waals surface area contributed by atoms with Crippen molar-refractivity contribution in [2.45, 2.75) is 32.7 Å². The number of likely N-dealkylation sites (tertiary alicyclic amines) is 1. The second kappa shape index (κ2) is 9.94. The van der Waals surface area contributed by atoms with Gasteiger partial charge in [-0.3, -0.25) is 9.59 Å². The van der Waals surface area contributed by atoms with E-state index in [0.29, 0.717) is 36.6 Å². The molecule has 0 spiro atoms. The van der Waals surface area contributed by atoms with Crippen LogP contribution in [0.25, 0.3) is 0 Å². The lowest BCUT2D eigenvalue weighted by Gasteiger charge is -2.33. The number of piperidine rings is 1. The Hall–Kier alpha value is -2.60. The van der Waals surface area contributed by atoms with Gasteiger partial charge in [0.2, 0.25) is 0 Å². The van der Waals surface area contributed by atoms with Crippen molar-refractivity contribution in [3.8, 4) is 5.75 Å². The number of nitrogens with zero attached hydrogens (tertiary/aromatic N) is 1. The minimum atomic E-state index is -0.543. The lowest BCUT2D eigenvalue weighted by atomic mass is 9.98. The number of nitrogens with one attached hydrogen (secondary N) is 1. The third-order valence-electron chi connectivity index (χ3n) is 5.00. The predicted octanol–water partition coefficient (Wildman–Crippen LogP) is 4.55. The summed E-state index contributed by atoms with van der Waals surface area (Å²) >= 11 is 5.82. The number of hydrogen-bond donors (Lipinski definition) is 1. The van der Waals surface area contributed by atoms with Crippen LogP contribution in [0.2, 0.25) is 5.02 Å². The van der Waals surface area contributed by atoms with E-state index in [-0.39, 0.29) is 28.8 Å². The molecule has 160 valence electrons. The highest BCUT2D eigenvalue weighted by Gasteiger charge is 2.26. The molecule has 2 aromatic rings. The number of carbonyl (C=O) groups excluding carboxylic acids is 2. The largest absolute Gasteiger partial charge is 0.492 e. The predicted molar refractivity (Wildman–Crippen MR) is 115 cm³/mol. The van der Waals surface area contributed by atoms with E-state index < -0.39 is 5.82 Å². The third-order valence-corrected chi connectivity index (χ3v) is 5.29. The second-order valence-electron chi connectivity index (χ2n) is 7.82. The average Bonchev–Trinajstić information content (AvgIpc) is 2.73. The minimum Gasteiger partial charge on any atom is -0.492 e. The number of para-hydroxylation sites is 1. The van der Waals surface area contributed by atoms with Crippen molar-refractivity contribution < 1.29 is 18.7 Å². The Morgan fingerprint density at radius 2 is 2.03 bits per heavy atom. The quantitative estimate of drug-likeness (QED) is 0.728. The second-order valence-corrected chi connectivity index (χ2v) is 8.23. The third kappa shape index (κ3) is 5.51. The highest BCUT2D eigenvalue weighted by Crippen LogP contribution is 2.24. The SMILES string of the molecule is CC(C)NC(=O)c1ccccc1OCC1CCCN(C(=O)c2ccc(F)c(Cl)c2)C1. The molecule has 0 saturated carbocycles. The molecule has 3 rings (SSSR count). The molecule has 1 aliphatic heterocycles. The molecule has 5 nitrogen and oxygen atoms in total. The van der Waals surface area contributed by atoms with Gasteiger partial charge in [0.05, 0.1) is 17.2 Å². The zero-order valence-electron chi connectivity index (χ0n) is 17.2. The molecule has 2 aromatic carbocycles. The normalized spacial score (nSPS) is 16.4. The zero-order chi connectivity index (χ0) is 21.7. The maximum atomic E-state index is 13.4. The maximum Gasteiger partial charge on any atom is 0.255 e. The molecule has 7 heteroatoms. The number of rotatable bonds is 6. The summed E-state index contributed by atoms with van der Waals surface area (Å²) in [5, 5.41) is 2.82. The molecule has 1 atom stereocenters. The van der Waals surface area contributed by atoms with Gasteiger partial charge in [-0.05, 0) is 57.0 Å². The Morgan fingerprint density at radius 1 is 1.27 bits per heavy atom. The van der Waals surface area contributed by atoms with Crippen LogP contribution in [0, 0.1) is 11.7 Å². The van der Waals surface area contributed by atoms with Crippen molar-refractivity contribution in [1.82, 2.24) is 10.2 Å². The number of hydrogen-bond acceptors (Lipinski definition) is 3. The van der Waals surface area contributed by atoms with Gasteiger partial charge in [-0.2, -0.15) is 0 Å². The Kier molecular flexibility index (Phi) is 7.32. The fraction of sp³-hybridized carbons (Fsp3) is 0.391. The van der Waals surface area contributed by atoms with Crippen molar-refractivity contribution in [3.05, 3.63) is 64.4 Å². The van der Waals surface area contributed by atoms with E-state index >= 15 is 0 Å². The van der Waals surface area contributed by atoms with Gasteiger partial charge in [0.1, 0.15) is 11.6 Å². The van der Waals surface area contributed by atoms with Gasteiger partial charge >= 0.3 is 0 Å². The highest BCUT2D eigenvalue weighted by atomic mass is 35.5. The molecule has 1 saturated heterocycles. The molecule has 1 aliphatic rings. The van der Waals surface area contributed by atoms with Crippen LogP contribution >= 0.6 is 11.6 Å². The maximum absolute atomic E-state index is 13.4. The molecule has 1 fully saturated rings. The van der Waals surface area contributed by atoms with Gasteiger partial charge in [0, 0.05) is 30.6 Å². The van der Waals surface area contributed by atoms with Crippen molar-refractivity contribution in [2.75, 3.05) is 19.7 Å². The Balaban J connectivity index is 1.63. The summed E-state index contributed by atoms with van der Waals surface area (Å²) in [6, 6.07) is 11.2. The zero-order valence-corrected chi connectivity index (χ0v) is 17.9. The topological polar surface area (TPSA) is 58.6 Å². The molecule has 2 amide bonds.